The number of nitrogens with one attached hydrogen (secondary N) is 1. The molecule has 1 aromatic carbocycles. The van der Waals surface area contributed by atoms with Gasteiger partial charge in [0.1, 0.15) is 10.7 Å². The van der Waals surface area contributed by atoms with Crippen molar-refractivity contribution in [2.45, 2.75) is 6.04 Å². The molecule has 3 aromatic rings. The minimum absolute atomic E-state index is 0.0619. The molecule has 0 spiro atoms. The Kier molecular flexibility index (Phi) is 6.77. The quantitative estimate of drug-likeness (QED) is 0.557. The number of thiophene rings is 1. The molecule has 4 rings (SSSR count). The predicted octanol–water partition coefficient (Wildman–Crippen LogP) is 4.35. The van der Waals surface area contributed by atoms with Crippen LogP contribution in [-0.4, -0.2) is 60.5 Å². The number of hydrogen-bond acceptors (Lipinski definition) is 6. The van der Waals surface area contributed by atoms with E-state index in [2.05, 4.69) is 55.2 Å². The van der Waals surface area contributed by atoms with Crippen molar-refractivity contribution in [3.8, 4) is 9.88 Å². The average Bonchev–Trinajstić information content (AvgIpc) is 3.39. The topological polar surface area (TPSA) is 48.5 Å². The number of aromatic nitrogens is 1. The normalized spacial score (nSPS) is 16.6. The maximum absolute atomic E-state index is 13.0. The zero-order valence-electron chi connectivity index (χ0n) is 16.2. The highest BCUT2D eigenvalue weighted by Crippen LogP contribution is 2.32. The first-order valence-corrected chi connectivity index (χ1v) is 12.1. The molecule has 1 aliphatic heterocycles. The summed E-state index contributed by atoms with van der Waals surface area (Å²) in [6.45, 7) is 4.95. The van der Waals surface area contributed by atoms with Crippen molar-refractivity contribution in [1.82, 2.24) is 20.1 Å². The van der Waals surface area contributed by atoms with Crippen LogP contribution in [0.3, 0.4) is 0 Å². The Morgan fingerprint density at radius 1 is 1.17 bits per heavy atom. The van der Waals surface area contributed by atoms with E-state index < -0.39 is 0 Å². The van der Waals surface area contributed by atoms with E-state index in [0.717, 1.165) is 52.6 Å². The molecule has 8 heteroatoms. The minimum atomic E-state index is -0.119. The first kappa shape index (κ1) is 20.7. The van der Waals surface area contributed by atoms with Crippen molar-refractivity contribution in [2.75, 3.05) is 39.8 Å². The number of carbonyl (C=O) groups is 1. The summed E-state index contributed by atoms with van der Waals surface area (Å²) in [7, 11) is 2.15. The van der Waals surface area contributed by atoms with Gasteiger partial charge in [0, 0.05) is 48.0 Å². The molecular weight excluding hydrogens is 468 g/mol. The Balaban J connectivity index is 1.48. The predicted molar refractivity (Wildman–Crippen MR) is 124 cm³/mol. The second kappa shape index (κ2) is 9.49. The van der Waals surface area contributed by atoms with Gasteiger partial charge in [-0.3, -0.25) is 9.69 Å². The summed E-state index contributed by atoms with van der Waals surface area (Å²) >= 11 is 6.60. The van der Waals surface area contributed by atoms with E-state index in [9.17, 15) is 4.79 Å². The molecule has 2 aromatic heterocycles. The van der Waals surface area contributed by atoms with Gasteiger partial charge < -0.3 is 10.2 Å². The lowest BCUT2D eigenvalue weighted by molar-refractivity contribution is 0.0903. The van der Waals surface area contributed by atoms with Crippen molar-refractivity contribution < 1.29 is 4.79 Å². The van der Waals surface area contributed by atoms with Gasteiger partial charge in [-0.2, -0.15) is 0 Å². The smallest absolute Gasteiger partial charge is 0.271 e. The number of carbonyl (C=O) groups excluding carboxylic acids is 1. The van der Waals surface area contributed by atoms with Gasteiger partial charge in [0.25, 0.3) is 5.91 Å². The highest BCUT2D eigenvalue weighted by Gasteiger charge is 2.23. The van der Waals surface area contributed by atoms with Crippen LogP contribution in [0, 0.1) is 0 Å². The number of likely N-dealkylation sites (N-methyl/N-ethyl adjacent to an activating group) is 1. The number of nitrogens with zero attached hydrogens (tertiary/aromatic N) is 3. The molecule has 3 heterocycles. The summed E-state index contributed by atoms with van der Waals surface area (Å²) in [6, 6.07) is 12.2. The molecule has 0 radical (unpaired) electrons. The highest BCUT2D eigenvalue weighted by molar-refractivity contribution is 9.10. The average molecular weight is 491 g/mol. The molecule has 5 nitrogen and oxygen atoms in total. The first-order chi connectivity index (χ1) is 14.1. The van der Waals surface area contributed by atoms with E-state index in [0.29, 0.717) is 5.69 Å². The van der Waals surface area contributed by atoms with Crippen molar-refractivity contribution >= 4 is 44.5 Å². The third kappa shape index (κ3) is 5.32. The van der Waals surface area contributed by atoms with Crippen LogP contribution in [0.25, 0.3) is 9.88 Å². The molecule has 1 amide bonds. The van der Waals surface area contributed by atoms with Gasteiger partial charge in [-0.1, -0.05) is 30.3 Å². The van der Waals surface area contributed by atoms with Gasteiger partial charge in [0.05, 0.1) is 10.9 Å². The monoisotopic (exact) mass is 490 g/mol. The van der Waals surface area contributed by atoms with Crippen molar-refractivity contribution in [2.24, 2.45) is 0 Å². The third-order valence-corrected chi connectivity index (χ3v) is 7.76. The lowest BCUT2D eigenvalue weighted by Crippen LogP contribution is -2.47. The van der Waals surface area contributed by atoms with E-state index in [4.69, 9.17) is 0 Å². The summed E-state index contributed by atoms with van der Waals surface area (Å²) in [6.07, 6.45) is 0. The summed E-state index contributed by atoms with van der Waals surface area (Å²) < 4.78 is 1.04. The second-order valence-electron chi connectivity index (χ2n) is 7.21. The summed E-state index contributed by atoms with van der Waals surface area (Å²) in [5, 5.41) is 7.97. The van der Waals surface area contributed by atoms with Gasteiger partial charge in [0.2, 0.25) is 0 Å². The molecule has 1 unspecified atom stereocenters. The van der Waals surface area contributed by atoms with Crippen LogP contribution in [-0.2, 0) is 0 Å². The summed E-state index contributed by atoms with van der Waals surface area (Å²) in [4.78, 5) is 23.4. The van der Waals surface area contributed by atoms with Crippen molar-refractivity contribution in [3.05, 3.63) is 62.9 Å². The van der Waals surface area contributed by atoms with E-state index in [1.165, 1.54) is 11.3 Å². The number of piperazine rings is 1. The maximum Gasteiger partial charge on any atom is 0.271 e. The Bertz CT molecular complexity index is 951. The number of rotatable bonds is 6. The van der Waals surface area contributed by atoms with Gasteiger partial charge in [-0.25, -0.2) is 4.98 Å². The van der Waals surface area contributed by atoms with Crippen LogP contribution in [0.5, 0.6) is 0 Å². The Labute approximate surface area is 187 Å². The molecule has 1 fully saturated rings. The van der Waals surface area contributed by atoms with Gasteiger partial charge in [0.15, 0.2) is 0 Å². The lowest BCUT2D eigenvalue weighted by Gasteiger charge is -2.35. The van der Waals surface area contributed by atoms with Crippen LogP contribution >= 0.6 is 38.6 Å². The Morgan fingerprint density at radius 2 is 1.93 bits per heavy atom. The number of hydrogen-bond donors (Lipinski definition) is 1. The molecule has 0 bridgehead atoms. The molecular formula is C21H23BrN4OS2. The highest BCUT2D eigenvalue weighted by atomic mass is 79.9. The zero-order chi connectivity index (χ0) is 20.2. The molecule has 1 saturated heterocycles. The summed E-state index contributed by atoms with van der Waals surface area (Å²) in [5.74, 6) is -0.119. The van der Waals surface area contributed by atoms with Crippen LogP contribution in [0.15, 0.2) is 51.6 Å². The minimum Gasteiger partial charge on any atom is -0.343 e. The van der Waals surface area contributed by atoms with E-state index in [1.807, 2.05) is 35.0 Å². The van der Waals surface area contributed by atoms with Gasteiger partial charge in [-0.05, 0) is 34.6 Å². The Hall–Kier alpha value is -1.58. The van der Waals surface area contributed by atoms with Crippen molar-refractivity contribution in [3.63, 3.8) is 0 Å². The number of benzene rings is 1. The zero-order valence-corrected chi connectivity index (χ0v) is 19.4. The molecule has 1 N–H and O–H groups in total. The molecule has 152 valence electrons. The fraction of sp³-hybridized carbons (Fsp3) is 0.333. The third-order valence-electron chi connectivity index (χ3n) is 5.06. The van der Waals surface area contributed by atoms with Crippen LogP contribution < -0.4 is 5.32 Å². The van der Waals surface area contributed by atoms with E-state index in [-0.39, 0.29) is 11.9 Å². The second-order valence-corrected chi connectivity index (χ2v) is 9.89. The summed E-state index contributed by atoms with van der Waals surface area (Å²) in [5.41, 5.74) is 1.60. The lowest BCUT2D eigenvalue weighted by atomic mass is 10.1. The van der Waals surface area contributed by atoms with E-state index in [1.54, 1.807) is 11.3 Å². The molecule has 0 saturated carbocycles. The number of halogens is 1. The molecule has 1 aliphatic rings. The van der Waals surface area contributed by atoms with Gasteiger partial charge >= 0.3 is 0 Å². The van der Waals surface area contributed by atoms with Crippen LogP contribution in [0.2, 0.25) is 0 Å². The van der Waals surface area contributed by atoms with Crippen LogP contribution in [0.1, 0.15) is 22.1 Å². The standard InChI is InChI=1S/C21H23BrN4OS2/c1-25-7-9-26(10-8-25)12-17(15-5-3-2-4-6-15)23-20(27)18-14-29-21(24-18)19-11-16(22)13-28-19/h2-6,11,13-14,17H,7-10,12H2,1H3,(H,23,27). The fourth-order valence-corrected chi connectivity index (χ4v) is 5.66. The largest absolute Gasteiger partial charge is 0.343 e. The fourth-order valence-electron chi connectivity index (χ4n) is 3.36. The molecule has 1 atom stereocenters. The molecule has 29 heavy (non-hydrogen) atoms. The Morgan fingerprint density at radius 3 is 2.62 bits per heavy atom. The number of thiazole rings is 1. The number of amides is 1. The first-order valence-electron chi connectivity index (χ1n) is 9.55. The van der Waals surface area contributed by atoms with E-state index >= 15 is 0 Å². The SMILES string of the molecule is CN1CCN(CC(NC(=O)c2csc(-c3cc(Br)cs3)n2)c2ccccc2)CC1. The van der Waals surface area contributed by atoms with Gasteiger partial charge in [-0.15, -0.1) is 22.7 Å². The maximum atomic E-state index is 13.0. The van der Waals surface area contributed by atoms with Crippen molar-refractivity contribution in [1.29, 1.82) is 0 Å². The van der Waals surface area contributed by atoms with Crippen LogP contribution in [0.4, 0.5) is 0 Å². The molecule has 0 aliphatic carbocycles.